The molecule has 0 spiro atoms. The largest absolute Gasteiger partial charge is 0.436 e. The fourth-order valence-electron chi connectivity index (χ4n) is 7.17. The summed E-state index contributed by atoms with van der Waals surface area (Å²) in [6, 6.07) is 29.2. The molecule has 0 saturated heterocycles. The van der Waals surface area contributed by atoms with E-state index in [9.17, 15) is 0 Å². The van der Waals surface area contributed by atoms with E-state index in [-0.39, 0.29) is 0 Å². The quantitative estimate of drug-likeness (QED) is 0.177. The van der Waals surface area contributed by atoms with E-state index in [0.717, 1.165) is 87.4 Å². The molecule has 0 aliphatic heterocycles. The predicted molar refractivity (Wildman–Crippen MR) is 189 cm³/mol. The third-order valence-electron chi connectivity index (χ3n) is 9.33. The van der Waals surface area contributed by atoms with Gasteiger partial charge < -0.3 is 8.83 Å². The molecule has 11 aromatic rings. The molecule has 0 unspecified atom stereocenters. The monoisotopic (exact) mass is 616 g/mol. The van der Waals surface area contributed by atoms with Gasteiger partial charge in [0.15, 0.2) is 11.2 Å². The Labute approximate surface area is 270 Å². The second-order valence-corrected chi connectivity index (χ2v) is 12.0. The van der Waals surface area contributed by atoms with Gasteiger partial charge in [0.1, 0.15) is 0 Å². The molecule has 222 valence electrons. The van der Waals surface area contributed by atoms with E-state index in [1.165, 1.54) is 0 Å². The van der Waals surface area contributed by atoms with Crippen LogP contribution in [0.4, 0.5) is 0 Å². The van der Waals surface area contributed by atoms with Gasteiger partial charge in [-0.1, -0.05) is 48.5 Å². The standard InChI is InChI=1S/C40H20N6O2/c1-2-6-24-23(5-1)37(33-15-27-29-13-21-17-41-11-9-31(21)45-39(29)47-35(27)19-43-33)25-7-3-4-8-26(25)38(24)34-16-28-30-14-22-18-42-12-10-32(22)46-40(30)48-36(28)20-44-34/h1-20H. The molecule has 0 amide bonds. The van der Waals surface area contributed by atoms with Gasteiger partial charge >= 0.3 is 0 Å². The summed E-state index contributed by atoms with van der Waals surface area (Å²) < 4.78 is 12.3. The van der Waals surface area contributed by atoms with Crippen molar-refractivity contribution >= 4 is 87.5 Å². The number of fused-ring (bicyclic) bond motifs is 10. The second kappa shape index (κ2) is 9.37. The lowest BCUT2D eigenvalue weighted by molar-refractivity contribution is 0.653. The molecule has 0 N–H and O–H groups in total. The molecule has 0 atom stereocenters. The van der Waals surface area contributed by atoms with Crippen molar-refractivity contribution < 1.29 is 8.83 Å². The molecule has 11 rings (SSSR count). The maximum atomic E-state index is 6.17. The van der Waals surface area contributed by atoms with Crippen molar-refractivity contribution in [3.05, 3.63) is 122 Å². The average molecular weight is 617 g/mol. The second-order valence-electron chi connectivity index (χ2n) is 12.0. The van der Waals surface area contributed by atoms with Crippen molar-refractivity contribution in [2.75, 3.05) is 0 Å². The maximum absolute atomic E-state index is 6.17. The van der Waals surface area contributed by atoms with Gasteiger partial charge in [-0.2, -0.15) is 0 Å². The molecule has 0 saturated carbocycles. The zero-order chi connectivity index (χ0) is 31.3. The van der Waals surface area contributed by atoms with E-state index >= 15 is 0 Å². The highest BCUT2D eigenvalue weighted by Gasteiger charge is 2.21. The number of pyridine rings is 6. The lowest BCUT2D eigenvalue weighted by Gasteiger charge is -2.16. The smallest absolute Gasteiger partial charge is 0.227 e. The highest BCUT2D eigenvalue weighted by atomic mass is 16.3. The number of rotatable bonds is 2. The molecule has 8 heteroatoms. The van der Waals surface area contributed by atoms with Gasteiger partial charge in [0.05, 0.1) is 34.8 Å². The number of hydrogen-bond donors (Lipinski definition) is 0. The molecule has 8 heterocycles. The normalized spacial score (nSPS) is 12.2. The van der Waals surface area contributed by atoms with Gasteiger partial charge in [0.2, 0.25) is 11.4 Å². The summed E-state index contributed by atoms with van der Waals surface area (Å²) in [7, 11) is 0. The highest BCUT2D eigenvalue weighted by Crippen LogP contribution is 2.44. The Hall–Kier alpha value is -6.80. The summed E-state index contributed by atoms with van der Waals surface area (Å²) in [6.45, 7) is 0. The maximum Gasteiger partial charge on any atom is 0.227 e. The van der Waals surface area contributed by atoms with E-state index in [1.807, 2.05) is 24.5 Å². The number of nitrogens with zero attached hydrogens (tertiary/aromatic N) is 6. The molecule has 0 radical (unpaired) electrons. The van der Waals surface area contributed by atoms with Crippen molar-refractivity contribution in [1.82, 2.24) is 29.9 Å². The van der Waals surface area contributed by atoms with Crippen LogP contribution in [0.2, 0.25) is 0 Å². The van der Waals surface area contributed by atoms with Crippen LogP contribution in [-0.4, -0.2) is 29.9 Å². The number of benzene rings is 3. The molecule has 0 aliphatic carbocycles. The summed E-state index contributed by atoms with van der Waals surface area (Å²) in [6.07, 6.45) is 10.8. The molecular weight excluding hydrogens is 596 g/mol. The summed E-state index contributed by atoms with van der Waals surface area (Å²) >= 11 is 0. The van der Waals surface area contributed by atoms with E-state index in [2.05, 4.69) is 82.8 Å². The summed E-state index contributed by atoms with van der Waals surface area (Å²) in [5, 5.41) is 10.0. The molecule has 0 aliphatic rings. The van der Waals surface area contributed by atoms with Crippen LogP contribution in [0.5, 0.6) is 0 Å². The third-order valence-corrected chi connectivity index (χ3v) is 9.33. The SMILES string of the molecule is c1ccc2c(-c3cc4c(cn3)oc3nc5ccncc5cc34)c3ccccc3c(-c3cc4c(cn3)oc3nc5ccncc5cc34)c2c1. The van der Waals surface area contributed by atoms with Crippen LogP contribution < -0.4 is 0 Å². The number of hydrogen-bond acceptors (Lipinski definition) is 8. The predicted octanol–water partition coefficient (Wildman–Crippen LogP) is 9.80. The zero-order valence-electron chi connectivity index (χ0n) is 25.0. The Morgan fingerprint density at radius 3 is 1.29 bits per heavy atom. The van der Waals surface area contributed by atoms with E-state index in [0.29, 0.717) is 22.6 Å². The molecule has 3 aromatic carbocycles. The molecule has 48 heavy (non-hydrogen) atoms. The van der Waals surface area contributed by atoms with Crippen LogP contribution in [0, 0.1) is 0 Å². The lowest BCUT2D eigenvalue weighted by Crippen LogP contribution is -1.93. The first kappa shape index (κ1) is 25.4. The summed E-state index contributed by atoms with van der Waals surface area (Å²) in [5.41, 5.74) is 8.04. The van der Waals surface area contributed by atoms with Crippen molar-refractivity contribution in [2.24, 2.45) is 0 Å². The topological polar surface area (TPSA) is 104 Å². The Kier molecular flexibility index (Phi) is 4.96. The van der Waals surface area contributed by atoms with Gasteiger partial charge in [-0.05, 0) is 57.9 Å². The minimum atomic E-state index is 0.584. The fraction of sp³-hybridized carbons (Fsp3) is 0. The van der Waals surface area contributed by atoms with Crippen LogP contribution in [0.1, 0.15) is 0 Å². The summed E-state index contributed by atoms with van der Waals surface area (Å²) in [5.74, 6) is 0. The average Bonchev–Trinajstić information content (AvgIpc) is 3.68. The molecule has 0 fully saturated rings. The van der Waals surface area contributed by atoms with Gasteiger partial charge in [-0.15, -0.1) is 0 Å². The first-order chi connectivity index (χ1) is 23.8. The third kappa shape index (κ3) is 3.54. The number of aromatic nitrogens is 6. The van der Waals surface area contributed by atoms with Gasteiger partial charge in [0, 0.05) is 68.2 Å². The van der Waals surface area contributed by atoms with Crippen molar-refractivity contribution in [3.8, 4) is 22.5 Å². The van der Waals surface area contributed by atoms with Crippen LogP contribution in [0.15, 0.2) is 131 Å². The first-order valence-electron chi connectivity index (χ1n) is 15.6. The Morgan fingerprint density at radius 2 is 0.854 bits per heavy atom. The lowest BCUT2D eigenvalue weighted by atomic mass is 9.88. The van der Waals surface area contributed by atoms with E-state index < -0.39 is 0 Å². The zero-order valence-corrected chi connectivity index (χ0v) is 25.0. The fourth-order valence-corrected chi connectivity index (χ4v) is 7.17. The Morgan fingerprint density at radius 1 is 0.417 bits per heavy atom. The Bertz CT molecular complexity index is 2880. The van der Waals surface area contributed by atoms with Crippen LogP contribution >= 0.6 is 0 Å². The molecular formula is C40H20N6O2. The number of furan rings is 2. The highest BCUT2D eigenvalue weighted by molar-refractivity contribution is 6.22. The molecule has 8 nitrogen and oxygen atoms in total. The Balaban J connectivity index is 1.18. The van der Waals surface area contributed by atoms with Crippen molar-refractivity contribution in [2.45, 2.75) is 0 Å². The van der Waals surface area contributed by atoms with Crippen molar-refractivity contribution in [1.29, 1.82) is 0 Å². The van der Waals surface area contributed by atoms with Gasteiger partial charge in [-0.25, -0.2) is 9.97 Å². The van der Waals surface area contributed by atoms with Crippen LogP contribution in [0.25, 0.3) is 110 Å². The minimum Gasteiger partial charge on any atom is -0.436 e. The molecule has 0 bridgehead atoms. The van der Waals surface area contributed by atoms with E-state index in [4.69, 9.17) is 28.8 Å². The molecule has 8 aromatic heterocycles. The van der Waals surface area contributed by atoms with Crippen molar-refractivity contribution in [3.63, 3.8) is 0 Å². The van der Waals surface area contributed by atoms with Gasteiger partial charge in [0.25, 0.3) is 0 Å². The van der Waals surface area contributed by atoms with E-state index in [1.54, 1.807) is 24.8 Å². The van der Waals surface area contributed by atoms with Crippen LogP contribution in [-0.2, 0) is 0 Å². The minimum absolute atomic E-state index is 0.584. The first-order valence-corrected chi connectivity index (χ1v) is 15.6. The summed E-state index contributed by atoms with van der Waals surface area (Å²) in [4.78, 5) is 28.0. The van der Waals surface area contributed by atoms with Gasteiger partial charge in [-0.3, -0.25) is 19.9 Å². The van der Waals surface area contributed by atoms with Crippen LogP contribution in [0.3, 0.4) is 0 Å².